The topological polar surface area (TPSA) is 87.0 Å². The highest BCUT2D eigenvalue weighted by atomic mass is 79.9. The second-order valence-corrected chi connectivity index (χ2v) is 9.40. The number of aromatic nitrogens is 1. The lowest BCUT2D eigenvalue weighted by Gasteiger charge is -2.24. The summed E-state index contributed by atoms with van der Waals surface area (Å²) in [5, 5.41) is 0. The zero-order valence-corrected chi connectivity index (χ0v) is 21.1. The Morgan fingerprint density at radius 3 is 2.56 bits per heavy atom. The molecule has 1 unspecified atom stereocenters. The number of rotatable bonds is 5. The summed E-state index contributed by atoms with van der Waals surface area (Å²) >= 11 is 4.71. The predicted molar refractivity (Wildman–Crippen MR) is 132 cm³/mol. The van der Waals surface area contributed by atoms with Gasteiger partial charge in [-0.25, -0.2) is 14.6 Å². The van der Waals surface area contributed by atoms with Gasteiger partial charge in [-0.2, -0.15) is 0 Å². The minimum absolute atomic E-state index is 0.191. The molecule has 9 heteroatoms. The average Bonchev–Trinajstić information content (AvgIpc) is 3.12. The molecule has 2 aromatic carbocycles. The monoisotopic (exact) mass is 540 g/mol. The standard InChI is InChI=1S/C25H21BrN2O5S/c1-4-33-24(31)20-14(2)27-25-28(21(20)16-8-10-17(11-9-16)23(30)32-3)22(29)19(34-25)13-15-6-5-7-18(26)12-15/h5-13,21H,4H2,1-3H3. The minimum Gasteiger partial charge on any atom is -0.465 e. The highest BCUT2D eigenvalue weighted by molar-refractivity contribution is 9.10. The van der Waals surface area contributed by atoms with E-state index in [1.54, 1.807) is 44.2 Å². The lowest BCUT2D eigenvalue weighted by molar-refractivity contribution is -0.139. The second-order valence-electron chi connectivity index (χ2n) is 7.47. The van der Waals surface area contributed by atoms with Crippen molar-refractivity contribution in [1.29, 1.82) is 0 Å². The van der Waals surface area contributed by atoms with Gasteiger partial charge in [-0.05, 0) is 55.3 Å². The highest BCUT2D eigenvalue weighted by Crippen LogP contribution is 2.31. The van der Waals surface area contributed by atoms with Crippen LogP contribution < -0.4 is 14.9 Å². The molecule has 0 radical (unpaired) electrons. The number of esters is 2. The van der Waals surface area contributed by atoms with Crippen molar-refractivity contribution in [3.63, 3.8) is 0 Å². The third-order valence-electron chi connectivity index (χ3n) is 5.31. The molecule has 3 aromatic rings. The van der Waals surface area contributed by atoms with Gasteiger partial charge in [-0.3, -0.25) is 9.36 Å². The normalized spacial score (nSPS) is 15.5. The molecule has 0 spiro atoms. The van der Waals surface area contributed by atoms with Crippen LogP contribution in [-0.2, 0) is 14.3 Å². The molecule has 1 aliphatic heterocycles. The molecular weight excluding hydrogens is 520 g/mol. The molecule has 0 aliphatic carbocycles. The van der Waals surface area contributed by atoms with Gasteiger partial charge in [0.05, 0.1) is 41.1 Å². The summed E-state index contributed by atoms with van der Waals surface area (Å²) in [6.45, 7) is 3.64. The van der Waals surface area contributed by atoms with Gasteiger partial charge in [0.1, 0.15) is 0 Å². The molecule has 1 aliphatic rings. The first kappa shape index (κ1) is 23.8. The number of carbonyl (C=O) groups is 2. The zero-order valence-electron chi connectivity index (χ0n) is 18.7. The SMILES string of the molecule is CCOC(=O)C1=C(C)N=c2sc(=Cc3cccc(Br)c3)c(=O)n2C1c1ccc(C(=O)OC)cc1. The molecule has 0 saturated carbocycles. The van der Waals surface area contributed by atoms with Crippen LogP contribution in [0.1, 0.15) is 41.4 Å². The number of methoxy groups -OCH3 is 1. The molecule has 7 nitrogen and oxygen atoms in total. The van der Waals surface area contributed by atoms with Crippen LogP contribution in [0, 0.1) is 0 Å². The molecular formula is C25H21BrN2O5S. The van der Waals surface area contributed by atoms with E-state index in [0.29, 0.717) is 26.2 Å². The molecule has 174 valence electrons. The van der Waals surface area contributed by atoms with Crippen LogP contribution in [-0.4, -0.2) is 30.2 Å². The summed E-state index contributed by atoms with van der Waals surface area (Å²) in [4.78, 5) is 43.4. The Morgan fingerprint density at radius 2 is 1.91 bits per heavy atom. The van der Waals surface area contributed by atoms with Gasteiger partial charge in [0.15, 0.2) is 4.80 Å². The number of nitrogens with zero attached hydrogens (tertiary/aromatic N) is 2. The Balaban J connectivity index is 1.92. The highest BCUT2D eigenvalue weighted by Gasteiger charge is 2.33. The number of hydrogen-bond acceptors (Lipinski definition) is 7. The maximum absolute atomic E-state index is 13.6. The molecule has 0 saturated heterocycles. The van der Waals surface area contributed by atoms with E-state index in [0.717, 1.165) is 10.0 Å². The van der Waals surface area contributed by atoms with Crippen LogP contribution in [0.15, 0.2) is 74.1 Å². The molecule has 4 rings (SSSR count). The maximum Gasteiger partial charge on any atom is 0.338 e. The Bertz CT molecular complexity index is 1480. The number of hydrogen-bond donors (Lipinski definition) is 0. The van der Waals surface area contributed by atoms with Crippen LogP contribution in [0.5, 0.6) is 0 Å². The van der Waals surface area contributed by atoms with E-state index in [9.17, 15) is 14.4 Å². The number of carbonyl (C=O) groups excluding carboxylic acids is 2. The molecule has 0 amide bonds. The zero-order chi connectivity index (χ0) is 24.4. The van der Waals surface area contributed by atoms with E-state index < -0.39 is 18.0 Å². The molecule has 1 atom stereocenters. The van der Waals surface area contributed by atoms with Gasteiger partial charge in [0.25, 0.3) is 5.56 Å². The van der Waals surface area contributed by atoms with Gasteiger partial charge in [0, 0.05) is 4.47 Å². The molecule has 0 fully saturated rings. The van der Waals surface area contributed by atoms with Crippen molar-refractivity contribution in [2.45, 2.75) is 19.9 Å². The summed E-state index contributed by atoms with van der Waals surface area (Å²) in [5.74, 6) is -1.01. The van der Waals surface area contributed by atoms with Crippen molar-refractivity contribution in [2.24, 2.45) is 4.99 Å². The number of benzene rings is 2. The average molecular weight is 541 g/mol. The number of halogens is 1. The Labute approximate surface area is 207 Å². The van der Waals surface area contributed by atoms with Gasteiger partial charge in [0.2, 0.25) is 0 Å². The van der Waals surface area contributed by atoms with Crippen LogP contribution >= 0.6 is 27.3 Å². The van der Waals surface area contributed by atoms with Crippen LogP contribution in [0.4, 0.5) is 0 Å². The van der Waals surface area contributed by atoms with E-state index >= 15 is 0 Å². The first-order chi connectivity index (χ1) is 16.3. The Hall–Kier alpha value is -3.30. The van der Waals surface area contributed by atoms with Gasteiger partial charge in [-0.15, -0.1) is 0 Å². The summed E-state index contributed by atoms with van der Waals surface area (Å²) in [6, 6.07) is 13.5. The van der Waals surface area contributed by atoms with Gasteiger partial charge in [-0.1, -0.05) is 51.5 Å². The second kappa shape index (κ2) is 9.90. The number of allylic oxidation sites excluding steroid dienone is 1. The third kappa shape index (κ3) is 4.53. The fourth-order valence-corrected chi connectivity index (χ4v) is 5.24. The van der Waals surface area contributed by atoms with Crippen molar-refractivity contribution in [1.82, 2.24) is 4.57 Å². The van der Waals surface area contributed by atoms with Gasteiger partial charge < -0.3 is 9.47 Å². The van der Waals surface area contributed by atoms with E-state index in [2.05, 4.69) is 20.9 Å². The smallest absolute Gasteiger partial charge is 0.338 e. The van der Waals surface area contributed by atoms with E-state index in [-0.39, 0.29) is 17.7 Å². The van der Waals surface area contributed by atoms with Crippen LogP contribution in [0.25, 0.3) is 6.08 Å². The van der Waals surface area contributed by atoms with E-state index in [4.69, 9.17) is 9.47 Å². The van der Waals surface area contributed by atoms with Crippen molar-refractivity contribution in [3.8, 4) is 0 Å². The van der Waals surface area contributed by atoms with Crippen molar-refractivity contribution >= 4 is 45.3 Å². The number of fused-ring (bicyclic) bond motifs is 1. The molecule has 0 bridgehead atoms. The Kier molecular flexibility index (Phi) is 6.95. The molecule has 0 N–H and O–H groups in total. The summed E-state index contributed by atoms with van der Waals surface area (Å²) in [6.07, 6.45) is 1.80. The fourth-order valence-electron chi connectivity index (χ4n) is 3.77. The van der Waals surface area contributed by atoms with Gasteiger partial charge >= 0.3 is 11.9 Å². The van der Waals surface area contributed by atoms with Crippen molar-refractivity contribution < 1.29 is 19.1 Å². The Morgan fingerprint density at radius 1 is 1.18 bits per heavy atom. The van der Waals surface area contributed by atoms with Crippen molar-refractivity contribution in [3.05, 3.63) is 101 Å². The minimum atomic E-state index is -0.744. The number of ether oxygens (including phenoxy) is 2. The third-order valence-corrected chi connectivity index (χ3v) is 6.79. The van der Waals surface area contributed by atoms with Crippen molar-refractivity contribution in [2.75, 3.05) is 13.7 Å². The molecule has 2 heterocycles. The predicted octanol–water partition coefficient (Wildman–Crippen LogP) is 3.35. The lowest BCUT2D eigenvalue weighted by Crippen LogP contribution is -2.40. The maximum atomic E-state index is 13.6. The van der Waals surface area contributed by atoms with E-state index in [1.165, 1.54) is 23.0 Å². The van der Waals surface area contributed by atoms with Crippen LogP contribution in [0.2, 0.25) is 0 Å². The lowest BCUT2D eigenvalue weighted by atomic mass is 9.95. The largest absolute Gasteiger partial charge is 0.465 e. The molecule has 1 aromatic heterocycles. The number of thiazole rings is 1. The summed E-state index contributed by atoms with van der Waals surface area (Å²) in [5.41, 5.74) is 2.39. The van der Waals surface area contributed by atoms with E-state index in [1.807, 2.05) is 24.3 Å². The summed E-state index contributed by atoms with van der Waals surface area (Å²) < 4.78 is 13.0. The first-order valence-electron chi connectivity index (χ1n) is 10.5. The molecule has 34 heavy (non-hydrogen) atoms. The quantitative estimate of drug-likeness (QED) is 0.463. The van der Waals surface area contributed by atoms with Crippen LogP contribution in [0.3, 0.4) is 0 Å². The fraction of sp³-hybridized carbons (Fsp3) is 0.200. The summed E-state index contributed by atoms with van der Waals surface area (Å²) in [7, 11) is 1.31. The first-order valence-corrected chi connectivity index (χ1v) is 12.1.